The third-order valence-corrected chi connectivity index (χ3v) is 3.21. The van der Waals surface area contributed by atoms with Crippen LogP contribution in [-0.2, 0) is 7.05 Å². The van der Waals surface area contributed by atoms with Crippen LogP contribution in [0.2, 0.25) is 0 Å². The number of halogens is 1. The van der Waals surface area contributed by atoms with Crippen LogP contribution < -0.4 is 10.9 Å². The van der Waals surface area contributed by atoms with Gasteiger partial charge < -0.3 is 10.3 Å². The van der Waals surface area contributed by atoms with E-state index in [1.165, 1.54) is 17.1 Å². The lowest BCUT2D eigenvalue weighted by Crippen LogP contribution is -2.17. The highest BCUT2D eigenvalue weighted by Crippen LogP contribution is 2.20. The van der Waals surface area contributed by atoms with Crippen LogP contribution in [0.25, 0.3) is 10.9 Å². The van der Waals surface area contributed by atoms with Gasteiger partial charge >= 0.3 is 0 Å². The smallest absolute Gasteiger partial charge is 0.274 e. The van der Waals surface area contributed by atoms with Crippen LogP contribution in [0.5, 0.6) is 0 Å². The number of carbonyl (C=O) groups excluding carboxylic acids is 1. The topological polar surface area (TPSA) is 92.7 Å². The first-order chi connectivity index (χ1) is 10.5. The van der Waals surface area contributed by atoms with Crippen molar-refractivity contribution >= 4 is 22.5 Å². The van der Waals surface area contributed by atoms with E-state index in [1.54, 1.807) is 20.0 Å². The highest BCUT2D eigenvalue weighted by molar-refractivity contribution is 6.04. The summed E-state index contributed by atoms with van der Waals surface area (Å²) in [5.41, 5.74) is 0.687. The van der Waals surface area contributed by atoms with Gasteiger partial charge in [-0.3, -0.25) is 14.3 Å². The van der Waals surface area contributed by atoms with Gasteiger partial charge in [0.2, 0.25) is 0 Å². The molecule has 0 aliphatic carbocycles. The van der Waals surface area contributed by atoms with Gasteiger partial charge in [0.1, 0.15) is 11.5 Å². The quantitative estimate of drug-likeness (QED) is 0.747. The van der Waals surface area contributed by atoms with Crippen LogP contribution in [0, 0.1) is 12.7 Å². The second-order valence-electron chi connectivity index (χ2n) is 4.83. The first kappa shape index (κ1) is 13.9. The Balaban J connectivity index is 2.02. The predicted octanol–water partition coefficient (Wildman–Crippen LogP) is 1.36. The number of benzene rings is 1. The van der Waals surface area contributed by atoms with Crippen LogP contribution in [0.4, 0.5) is 10.1 Å². The minimum absolute atomic E-state index is 0.0881. The van der Waals surface area contributed by atoms with Crippen molar-refractivity contribution in [2.45, 2.75) is 6.92 Å². The number of carbonyl (C=O) groups is 1. The molecule has 0 atom stereocenters. The zero-order valence-corrected chi connectivity index (χ0v) is 11.8. The van der Waals surface area contributed by atoms with E-state index in [2.05, 4.69) is 20.4 Å². The summed E-state index contributed by atoms with van der Waals surface area (Å²) in [5.74, 6) is -1.18. The number of rotatable bonds is 2. The van der Waals surface area contributed by atoms with E-state index in [-0.39, 0.29) is 22.3 Å². The monoisotopic (exact) mass is 301 g/mol. The number of aryl methyl sites for hydroxylation is 2. The molecule has 8 heteroatoms. The molecule has 22 heavy (non-hydrogen) atoms. The molecule has 2 N–H and O–H groups in total. The Labute approximate surface area is 123 Å². The highest BCUT2D eigenvalue weighted by Gasteiger charge is 2.15. The van der Waals surface area contributed by atoms with Crippen LogP contribution in [0.3, 0.4) is 0 Å². The Morgan fingerprint density at radius 3 is 2.82 bits per heavy atom. The standard InChI is InChI=1S/C14H12FN5O2/c1-7-3-12(20(2)19-7)14(22)18-11-4-8-10(5-9(11)15)16-6-17-13(8)21/h3-6H,1-2H3,(H,18,22)(H,16,17,21). The normalized spacial score (nSPS) is 10.9. The number of nitrogens with zero attached hydrogens (tertiary/aromatic N) is 3. The largest absolute Gasteiger partial charge is 0.318 e. The van der Waals surface area contributed by atoms with Crippen LogP contribution in [-0.4, -0.2) is 25.7 Å². The number of anilines is 1. The first-order valence-electron chi connectivity index (χ1n) is 6.44. The molecular formula is C14H12FN5O2. The van der Waals surface area contributed by atoms with E-state index in [4.69, 9.17) is 0 Å². The van der Waals surface area contributed by atoms with Gasteiger partial charge in [0.25, 0.3) is 11.5 Å². The van der Waals surface area contributed by atoms with Crippen molar-refractivity contribution in [3.05, 3.63) is 52.1 Å². The molecule has 112 valence electrons. The molecule has 0 saturated carbocycles. The SMILES string of the molecule is Cc1cc(C(=O)Nc2cc3c(=O)[nH]cnc3cc2F)n(C)n1. The van der Waals surface area contributed by atoms with E-state index >= 15 is 0 Å². The molecule has 3 rings (SSSR count). The fourth-order valence-corrected chi connectivity index (χ4v) is 2.19. The Bertz CT molecular complexity index is 944. The summed E-state index contributed by atoms with van der Waals surface area (Å²) < 4.78 is 15.4. The van der Waals surface area contributed by atoms with Crippen molar-refractivity contribution in [3.8, 4) is 0 Å². The fraction of sp³-hybridized carbons (Fsp3) is 0.143. The maximum atomic E-state index is 14.0. The lowest BCUT2D eigenvalue weighted by atomic mass is 10.2. The summed E-state index contributed by atoms with van der Waals surface area (Å²) in [6.07, 6.45) is 1.20. The summed E-state index contributed by atoms with van der Waals surface area (Å²) >= 11 is 0. The van der Waals surface area contributed by atoms with E-state index < -0.39 is 17.3 Å². The highest BCUT2D eigenvalue weighted by atomic mass is 19.1. The summed E-state index contributed by atoms with van der Waals surface area (Å²) in [7, 11) is 1.62. The minimum atomic E-state index is -0.669. The predicted molar refractivity (Wildman–Crippen MR) is 78.2 cm³/mol. The number of amides is 1. The average molecular weight is 301 g/mol. The molecule has 1 aromatic carbocycles. The summed E-state index contributed by atoms with van der Waals surface area (Å²) in [4.78, 5) is 30.2. The van der Waals surface area contributed by atoms with Gasteiger partial charge in [-0.25, -0.2) is 9.37 Å². The number of H-pyrrole nitrogens is 1. The van der Waals surface area contributed by atoms with E-state index in [0.717, 1.165) is 6.07 Å². The molecule has 3 aromatic rings. The van der Waals surface area contributed by atoms with Gasteiger partial charge in [-0.05, 0) is 19.1 Å². The summed E-state index contributed by atoms with van der Waals surface area (Å²) in [5, 5.41) is 6.70. The lowest BCUT2D eigenvalue weighted by Gasteiger charge is -2.07. The molecule has 0 aliphatic heterocycles. The number of aromatic amines is 1. The third kappa shape index (κ3) is 2.34. The van der Waals surface area contributed by atoms with Gasteiger partial charge in [-0.2, -0.15) is 5.10 Å². The molecule has 0 spiro atoms. The van der Waals surface area contributed by atoms with Gasteiger partial charge in [-0.15, -0.1) is 0 Å². The maximum absolute atomic E-state index is 14.0. The lowest BCUT2D eigenvalue weighted by molar-refractivity contribution is 0.101. The molecule has 0 saturated heterocycles. The van der Waals surface area contributed by atoms with Crippen molar-refractivity contribution in [1.82, 2.24) is 19.7 Å². The van der Waals surface area contributed by atoms with Crippen molar-refractivity contribution in [3.63, 3.8) is 0 Å². The van der Waals surface area contributed by atoms with Crippen molar-refractivity contribution < 1.29 is 9.18 Å². The number of nitrogens with one attached hydrogen (secondary N) is 2. The second kappa shape index (κ2) is 5.06. The Morgan fingerprint density at radius 2 is 2.14 bits per heavy atom. The van der Waals surface area contributed by atoms with Gasteiger partial charge in [-0.1, -0.05) is 0 Å². The summed E-state index contributed by atoms with van der Waals surface area (Å²) in [6, 6.07) is 3.95. The van der Waals surface area contributed by atoms with Gasteiger partial charge in [0, 0.05) is 13.1 Å². The third-order valence-electron chi connectivity index (χ3n) is 3.21. The molecule has 0 aliphatic rings. The van der Waals surface area contributed by atoms with E-state index in [1.807, 2.05) is 0 Å². The Hall–Kier alpha value is -3.03. The second-order valence-corrected chi connectivity index (χ2v) is 4.83. The molecule has 1 amide bonds. The van der Waals surface area contributed by atoms with Gasteiger partial charge in [0.15, 0.2) is 0 Å². The molecule has 0 unspecified atom stereocenters. The first-order valence-corrected chi connectivity index (χ1v) is 6.44. The van der Waals surface area contributed by atoms with Crippen LogP contribution >= 0.6 is 0 Å². The molecule has 2 heterocycles. The Kier molecular flexibility index (Phi) is 3.21. The minimum Gasteiger partial charge on any atom is -0.318 e. The van der Waals surface area contributed by atoms with Gasteiger partial charge in [0.05, 0.1) is 28.6 Å². The number of hydrogen-bond donors (Lipinski definition) is 2. The zero-order chi connectivity index (χ0) is 15.9. The van der Waals surface area contributed by atoms with Crippen molar-refractivity contribution in [2.24, 2.45) is 7.05 Å². The van der Waals surface area contributed by atoms with Crippen LogP contribution in [0.1, 0.15) is 16.2 Å². The zero-order valence-electron chi connectivity index (χ0n) is 11.8. The van der Waals surface area contributed by atoms with Crippen molar-refractivity contribution in [1.29, 1.82) is 0 Å². The number of fused-ring (bicyclic) bond motifs is 1. The molecule has 2 aromatic heterocycles. The number of aromatic nitrogens is 4. The van der Waals surface area contributed by atoms with Crippen LogP contribution in [0.15, 0.2) is 29.3 Å². The van der Waals surface area contributed by atoms with E-state index in [9.17, 15) is 14.0 Å². The fourth-order valence-electron chi connectivity index (χ4n) is 2.19. The van der Waals surface area contributed by atoms with Crippen molar-refractivity contribution in [2.75, 3.05) is 5.32 Å². The molecule has 0 radical (unpaired) electrons. The number of hydrogen-bond acceptors (Lipinski definition) is 4. The molecule has 0 fully saturated rings. The summed E-state index contributed by atoms with van der Waals surface area (Å²) in [6.45, 7) is 1.75. The van der Waals surface area contributed by atoms with E-state index in [0.29, 0.717) is 5.69 Å². The molecular weight excluding hydrogens is 289 g/mol. The Morgan fingerprint density at radius 1 is 1.36 bits per heavy atom. The molecule has 0 bridgehead atoms. The maximum Gasteiger partial charge on any atom is 0.274 e. The molecule has 7 nitrogen and oxygen atoms in total. The average Bonchev–Trinajstić information content (AvgIpc) is 2.79.